The highest BCUT2D eigenvalue weighted by Gasteiger charge is 2.24. The van der Waals surface area contributed by atoms with Gasteiger partial charge in [-0.25, -0.2) is 9.59 Å². The highest BCUT2D eigenvalue weighted by atomic mass is 16.6. The van der Waals surface area contributed by atoms with Gasteiger partial charge in [-0.1, -0.05) is 32.9 Å². The Morgan fingerprint density at radius 3 is 2.04 bits per heavy atom. The summed E-state index contributed by atoms with van der Waals surface area (Å²) >= 11 is 0. The van der Waals surface area contributed by atoms with Gasteiger partial charge < -0.3 is 14.2 Å². The lowest BCUT2D eigenvalue weighted by Crippen LogP contribution is -2.41. The normalized spacial score (nSPS) is 13.4. The topological polar surface area (TPSA) is 90.9 Å². The fraction of sp³-hybridized carbons (Fsp3) is 0.500. The molecule has 1 rings (SSSR count). The fourth-order valence-corrected chi connectivity index (χ4v) is 1.86. The van der Waals surface area contributed by atoms with Crippen molar-refractivity contribution < 1.29 is 28.6 Å². The van der Waals surface area contributed by atoms with Gasteiger partial charge in [-0.15, -0.1) is 0 Å². The third kappa shape index (κ3) is 6.45. The number of hydrogen-bond acceptors (Lipinski definition) is 6. The number of nitrogens with one attached hydrogen (secondary N) is 1. The van der Waals surface area contributed by atoms with E-state index >= 15 is 0 Å². The Hall–Kier alpha value is -2.57. The molecule has 0 aliphatic rings. The van der Waals surface area contributed by atoms with Crippen LogP contribution in [0.3, 0.4) is 0 Å². The smallest absolute Gasteiger partial charge is 0.413 e. The molecule has 0 radical (unpaired) electrons. The number of esters is 1. The molecule has 0 aliphatic heterocycles. The second-order valence-corrected chi connectivity index (χ2v) is 6.59. The number of alkyl carbamates (subject to hydrolysis) is 1. The number of methoxy groups -OCH3 is 1. The molecule has 2 amide bonds. The monoisotopic (exact) mass is 351 g/mol. The summed E-state index contributed by atoms with van der Waals surface area (Å²) in [6.45, 7) is 9.17. The number of carbonyl (C=O) groups excluding carboxylic acids is 3. The number of ether oxygens (including phenoxy) is 3. The summed E-state index contributed by atoms with van der Waals surface area (Å²) in [7, 11) is 1.13. The van der Waals surface area contributed by atoms with E-state index in [-0.39, 0.29) is 5.41 Å². The van der Waals surface area contributed by atoms with Crippen LogP contribution in [0.2, 0.25) is 0 Å². The first kappa shape index (κ1) is 20.5. The summed E-state index contributed by atoms with van der Waals surface area (Å²) in [5.74, 6) is -0.974. The molecule has 0 heterocycles. The summed E-state index contributed by atoms with van der Waals surface area (Å²) in [6, 6.07) is 7.41. The van der Waals surface area contributed by atoms with Crippen LogP contribution in [0.5, 0.6) is 5.75 Å². The van der Waals surface area contributed by atoms with Crippen molar-refractivity contribution >= 4 is 18.0 Å². The van der Waals surface area contributed by atoms with Crippen molar-refractivity contribution in [1.82, 2.24) is 5.32 Å². The molecule has 0 unspecified atom stereocenters. The second-order valence-electron chi connectivity index (χ2n) is 6.59. The van der Waals surface area contributed by atoms with Crippen LogP contribution in [-0.4, -0.2) is 37.3 Å². The lowest BCUT2D eigenvalue weighted by atomic mass is 9.87. The average Bonchev–Trinajstić information content (AvgIpc) is 2.54. The maximum Gasteiger partial charge on any atom is 0.413 e. The Kier molecular flexibility index (Phi) is 6.97. The van der Waals surface area contributed by atoms with Crippen LogP contribution in [0.15, 0.2) is 24.3 Å². The minimum absolute atomic E-state index is 0.0194. The molecular weight excluding hydrogens is 326 g/mol. The van der Waals surface area contributed by atoms with Gasteiger partial charge in [0.25, 0.3) is 5.91 Å². The zero-order chi connectivity index (χ0) is 19.2. The Balaban J connectivity index is 2.59. The lowest BCUT2D eigenvalue weighted by Gasteiger charge is -2.20. The minimum Gasteiger partial charge on any atom is -0.479 e. The number of benzene rings is 1. The van der Waals surface area contributed by atoms with Crippen molar-refractivity contribution in [2.24, 2.45) is 0 Å². The molecule has 1 N–H and O–H groups in total. The van der Waals surface area contributed by atoms with Gasteiger partial charge in [0.2, 0.25) is 0 Å². The molecule has 1 aromatic rings. The van der Waals surface area contributed by atoms with Crippen molar-refractivity contribution in [3.05, 3.63) is 29.8 Å². The third-order valence-corrected chi connectivity index (χ3v) is 3.44. The summed E-state index contributed by atoms with van der Waals surface area (Å²) in [5.41, 5.74) is 1.16. The van der Waals surface area contributed by atoms with Gasteiger partial charge in [-0.2, -0.15) is 0 Å². The Bertz CT molecular complexity index is 617. The summed E-state index contributed by atoms with van der Waals surface area (Å²) in [4.78, 5) is 34.6. The first-order chi connectivity index (χ1) is 11.5. The summed E-state index contributed by atoms with van der Waals surface area (Å²) in [5, 5.41) is 1.93. The molecule has 7 heteroatoms. The molecule has 2 atom stereocenters. The largest absolute Gasteiger partial charge is 0.479 e. The van der Waals surface area contributed by atoms with E-state index in [1.165, 1.54) is 13.8 Å². The van der Waals surface area contributed by atoms with E-state index in [0.29, 0.717) is 5.75 Å². The first-order valence-corrected chi connectivity index (χ1v) is 7.91. The molecule has 138 valence electrons. The predicted octanol–water partition coefficient (Wildman–Crippen LogP) is 2.57. The SMILES string of the molecule is COC(=O)NC(=O)[C@@H](C)OC(=O)[C@H](C)Oc1ccc(C(C)(C)C)cc1. The van der Waals surface area contributed by atoms with E-state index in [9.17, 15) is 14.4 Å². The highest BCUT2D eigenvalue weighted by molar-refractivity contribution is 5.95. The van der Waals surface area contributed by atoms with E-state index in [1.54, 1.807) is 12.1 Å². The van der Waals surface area contributed by atoms with Crippen molar-refractivity contribution in [2.75, 3.05) is 7.11 Å². The van der Waals surface area contributed by atoms with Crippen molar-refractivity contribution in [3.8, 4) is 5.75 Å². The zero-order valence-electron chi connectivity index (χ0n) is 15.4. The van der Waals surface area contributed by atoms with E-state index in [4.69, 9.17) is 9.47 Å². The Labute approximate surface area is 147 Å². The average molecular weight is 351 g/mol. The van der Waals surface area contributed by atoms with Crippen molar-refractivity contribution in [3.63, 3.8) is 0 Å². The number of imide groups is 1. The van der Waals surface area contributed by atoms with Gasteiger partial charge in [0.15, 0.2) is 12.2 Å². The van der Waals surface area contributed by atoms with Crippen LogP contribution in [0.4, 0.5) is 4.79 Å². The van der Waals surface area contributed by atoms with Gasteiger partial charge in [-0.3, -0.25) is 10.1 Å². The Morgan fingerprint density at radius 2 is 1.56 bits per heavy atom. The molecule has 7 nitrogen and oxygen atoms in total. The maximum atomic E-state index is 12.0. The quantitative estimate of drug-likeness (QED) is 0.820. The predicted molar refractivity (Wildman–Crippen MR) is 91.3 cm³/mol. The minimum atomic E-state index is -1.15. The van der Waals surface area contributed by atoms with Crippen LogP contribution >= 0.6 is 0 Å². The van der Waals surface area contributed by atoms with E-state index in [1.807, 2.05) is 17.4 Å². The third-order valence-electron chi connectivity index (χ3n) is 3.44. The molecule has 0 aromatic heterocycles. The van der Waals surface area contributed by atoms with Crippen LogP contribution in [0.25, 0.3) is 0 Å². The lowest BCUT2D eigenvalue weighted by molar-refractivity contribution is -0.160. The van der Waals surface area contributed by atoms with E-state index < -0.39 is 30.2 Å². The molecule has 0 bridgehead atoms. The molecule has 1 aromatic carbocycles. The van der Waals surface area contributed by atoms with Gasteiger partial charge in [0.1, 0.15) is 5.75 Å². The van der Waals surface area contributed by atoms with Crippen LogP contribution in [-0.2, 0) is 24.5 Å². The molecule has 0 saturated heterocycles. The standard InChI is InChI=1S/C18H25NO6/c1-11(15(20)19-17(22)23-6)25-16(21)12(2)24-14-9-7-13(8-10-14)18(3,4)5/h7-12H,1-6H3,(H,19,20,22)/t11-,12+/m1/s1. The van der Waals surface area contributed by atoms with Crippen LogP contribution in [0, 0.1) is 0 Å². The first-order valence-electron chi connectivity index (χ1n) is 7.91. The molecule has 0 aliphatic carbocycles. The molecule has 0 fully saturated rings. The maximum absolute atomic E-state index is 12.0. The molecule has 0 saturated carbocycles. The van der Waals surface area contributed by atoms with Gasteiger partial charge in [0.05, 0.1) is 7.11 Å². The fourth-order valence-electron chi connectivity index (χ4n) is 1.86. The van der Waals surface area contributed by atoms with Gasteiger partial charge in [-0.05, 0) is 37.0 Å². The van der Waals surface area contributed by atoms with Gasteiger partial charge >= 0.3 is 12.1 Å². The van der Waals surface area contributed by atoms with Crippen molar-refractivity contribution in [1.29, 1.82) is 0 Å². The van der Waals surface area contributed by atoms with Crippen molar-refractivity contribution in [2.45, 2.75) is 52.2 Å². The molecule has 0 spiro atoms. The number of hydrogen-bond donors (Lipinski definition) is 1. The van der Waals surface area contributed by atoms with Crippen LogP contribution < -0.4 is 10.1 Å². The highest BCUT2D eigenvalue weighted by Crippen LogP contribution is 2.24. The Morgan fingerprint density at radius 1 is 1.00 bits per heavy atom. The molecule has 25 heavy (non-hydrogen) atoms. The number of amides is 2. The van der Waals surface area contributed by atoms with Crippen LogP contribution in [0.1, 0.15) is 40.2 Å². The molecular formula is C18H25NO6. The zero-order valence-corrected chi connectivity index (χ0v) is 15.4. The van der Waals surface area contributed by atoms with Gasteiger partial charge in [0, 0.05) is 0 Å². The van der Waals surface area contributed by atoms with E-state index in [0.717, 1.165) is 12.7 Å². The second kappa shape index (κ2) is 8.50. The summed E-state index contributed by atoms with van der Waals surface area (Å²) in [6.07, 6.45) is -2.98. The van der Waals surface area contributed by atoms with E-state index in [2.05, 4.69) is 25.5 Å². The number of rotatable bonds is 5. The summed E-state index contributed by atoms with van der Waals surface area (Å²) < 4.78 is 14.8. The number of carbonyl (C=O) groups is 3.